The van der Waals surface area contributed by atoms with Crippen molar-refractivity contribution in [2.24, 2.45) is 22.5 Å². The number of carbonyl (C=O) groups is 5. The standard InChI is InChI=1S/C38H55N5O9S/c1-7-25-18-38(25,39)33(46)43(53(49,50)27-14-15-27)31(44)29-17-26-20-42(29)32(45)30(36(2,3)4)40-34(47)51-22-37(5,6)16-9-8-11-23-12-10-13-24-19-41(21-28(23)24)35(48)52-26/h10,12-13,25-27,29-30H,7-9,11,14-22,39H2,1-6H3,(H,40,47)/t25-,26-,29+,30?,38-/m1/s1. The molecule has 53 heavy (non-hydrogen) atoms. The normalized spacial score (nSPS) is 29.5. The second-order valence-corrected chi connectivity index (χ2v) is 19.6. The van der Waals surface area contributed by atoms with E-state index >= 15 is 0 Å². The number of nitrogens with zero attached hydrogens (tertiary/aromatic N) is 3. The third-order valence-electron chi connectivity index (χ3n) is 11.6. The predicted molar refractivity (Wildman–Crippen MR) is 194 cm³/mol. The van der Waals surface area contributed by atoms with E-state index in [1.54, 1.807) is 25.7 Å². The molecule has 3 N–H and O–H groups in total. The summed E-state index contributed by atoms with van der Waals surface area (Å²) < 4.78 is 39.7. The predicted octanol–water partition coefficient (Wildman–Crippen LogP) is 3.98. The first kappa shape index (κ1) is 39.0. The summed E-state index contributed by atoms with van der Waals surface area (Å²) in [4.78, 5) is 72.9. The number of aryl methyl sites for hydroxylation is 1. The van der Waals surface area contributed by atoms with E-state index in [0.717, 1.165) is 47.3 Å². The number of cyclic esters (lactones) is 1. The molecule has 5 aliphatic rings. The van der Waals surface area contributed by atoms with Crippen molar-refractivity contribution < 1.29 is 41.9 Å². The topological polar surface area (TPSA) is 186 Å². The lowest BCUT2D eigenvalue weighted by Gasteiger charge is -2.36. The number of rotatable bonds is 5. The van der Waals surface area contributed by atoms with Gasteiger partial charge in [0.25, 0.3) is 11.8 Å². The molecule has 2 saturated carbocycles. The van der Waals surface area contributed by atoms with E-state index in [1.807, 2.05) is 32.9 Å². The zero-order valence-corrected chi connectivity index (χ0v) is 32.6. The fourth-order valence-electron chi connectivity index (χ4n) is 7.96. The molecule has 0 spiro atoms. The van der Waals surface area contributed by atoms with E-state index < -0.39 is 74.3 Å². The van der Waals surface area contributed by atoms with Gasteiger partial charge in [-0.25, -0.2) is 18.0 Å². The first-order valence-corrected chi connectivity index (χ1v) is 20.5. The lowest BCUT2D eigenvalue weighted by Crippen LogP contribution is -2.61. The Bertz CT molecular complexity index is 1770. The second-order valence-electron chi connectivity index (χ2n) is 17.6. The summed E-state index contributed by atoms with van der Waals surface area (Å²) in [5.41, 5.74) is 6.90. The van der Waals surface area contributed by atoms with E-state index in [9.17, 15) is 32.4 Å². The van der Waals surface area contributed by atoms with Crippen molar-refractivity contribution in [3.63, 3.8) is 0 Å². The number of carbonyl (C=O) groups excluding carboxylic acids is 5. The Hall–Kier alpha value is -3.72. The fraction of sp³-hybridized carbons (Fsp3) is 0.711. The molecule has 15 heteroatoms. The van der Waals surface area contributed by atoms with Crippen LogP contribution in [0.2, 0.25) is 0 Å². The highest BCUT2D eigenvalue weighted by atomic mass is 32.2. The average molecular weight is 758 g/mol. The molecule has 5 atom stereocenters. The van der Waals surface area contributed by atoms with E-state index in [0.29, 0.717) is 23.8 Å². The van der Waals surface area contributed by atoms with Gasteiger partial charge in [-0.2, -0.15) is 4.31 Å². The van der Waals surface area contributed by atoms with Gasteiger partial charge in [-0.15, -0.1) is 0 Å². The number of imide groups is 1. The number of sulfonamides is 1. The van der Waals surface area contributed by atoms with Gasteiger partial charge in [-0.3, -0.25) is 19.3 Å². The van der Waals surface area contributed by atoms with Crippen LogP contribution < -0.4 is 11.1 Å². The van der Waals surface area contributed by atoms with Crippen molar-refractivity contribution in [3.05, 3.63) is 34.9 Å². The van der Waals surface area contributed by atoms with Crippen LogP contribution in [0.1, 0.15) is 110 Å². The molecule has 5 amide bonds. The maximum Gasteiger partial charge on any atom is 0.410 e. The SMILES string of the molecule is CC[C@@H]1C[C@]1(N)C(=O)N(C(=O)[C@@H]1C[C@@H]2CN1C(=O)C(C(C)(C)C)NC(=O)OCC(C)(C)CCCCc1cccc3c1CN(C3)C(=O)O2)S(=O)(=O)C1CC1. The molecule has 0 aromatic heterocycles. The first-order chi connectivity index (χ1) is 24.8. The molecule has 3 fully saturated rings. The number of ether oxygens (including phenoxy) is 2. The van der Waals surface area contributed by atoms with Crippen molar-refractivity contribution in [2.75, 3.05) is 13.2 Å². The van der Waals surface area contributed by atoms with Crippen LogP contribution >= 0.6 is 0 Å². The highest BCUT2D eigenvalue weighted by molar-refractivity contribution is 7.91. The summed E-state index contributed by atoms with van der Waals surface area (Å²) in [7, 11) is -4.45. The number of hydrogen-bond acceptors (Lipinski definition) is 10. The zero-order chi connectivity index (χ0) is 38.7. The zero-order valence-electron chi connectivity index (χ0n) is 31.8. The van der Waals surface area contributed by atoms with Crippen molar-refractivity contribution in [2.45, 2.75) is 141 Å². The quantitative estimate of drug-likeness (QED) is 0.417. The summed E-state index contributed by atoms with van der Waals surface area (Å²) >= 11 is 0. The number of nitrogens with two attached hydrogens (primary N) is 1. The van der Waals surface area contributed by atoms with Crippen LogP contribution in [-0.4, -0.2) is 94.6 Å². The van der Waals surface area contributed by atoms with Gasteiger partial charge in [0.05, 0.1) is 18.4 Å². The van der Waals surface area contributed by atoms with Crippen LogP contribution in [0, 0.1) is 16.7 Å². The maximum absolute atomic E-state index is 14.6. The lowest BCUT2D eigenvalue weighted by atomic mass is 9.85. The molecule has 6 rings (SSSR count). The van der Waals surface area contributed by atoms with Crippen LogP contribution in [-0.2, 0) is 53.4 Å². The van der Waals surface area contributed by atoms with Gasteiger partial charge in [0, 0.05) is 19.5 Å². The molecule has 3 heterocycles. The van der Waals surface area contributed by atoms with Gasteiger partial charge in [0.2, 0.25) is 15.9 Å². The summed E-state index contributed by atoms with van der Waals surface area (Å²) in [5, 5.41) is 1.79. The smallest absolute Gasteiger partial charge is 0.410 e. The molecule has 14 nitrogen and oxygen atoms in total. The van der Waals surface area contributed by atoms with E-state index in [-0.39, 0.29) is 50.2 Å². The highest BCUT2D eigenvalue weighted by Crippen LogP contribution is 2.46. The second kappa shape index (κ2) is 14.2. The molecule has 1 saturated heterocycles. The lowest BCUT2D eigenvalue weighted by molar-refractivity contribution is -0.148. The Kier molecular flexibility index (Phi) is 10.4. The minimum atomic E-state index is -4.45. The van der Waals surface area contributed by atoms with E-state index in [4.69, 9.17) is 15.2 Å². The molecular weight excluding hydrogens is 703 g/mol. The van der Waals surface area contributed by atoms with Crippen molar-refractivity contribution in [1.82, 2.24) is 19.4 Å². The monoisotopic (exact) mass is 757 g/mol. The third-order valence-corrected chi connectivity index (χ3v) is 13.8. The molecule has 3 aliphatic heterocycles. The molecule has 0 radical (unpaired) electrons. The van der Waals surface area contributed by atoms with E-state index in [2.05, 4.69) is 11.4 Å². The minimum absolute atomic E-state index is 0.109. The van der Waals surface area contributed by atoms with Crippen LogP contribution in [0.25, 0.3) is 0 Å². The van der Waals surface area contributed by atoms with Crippen LogP contribution in [0.15, 0.2) is 18.2 Å². The molecular formula is C38H55N5O9S. The average Bonchev–Trinajstić information content (AvgIpc) is 3.96. The molecule has 4 bridgehead atoms. The Morgan fingerprint density at radius 3 is 2.42 bits per heavy atom. The minimum Gasteiger partial charge on any atom is -0.449 e. The Morgan fingerprint density at radius 1 is 1.08 bits per heavy atom. The maximum atomic E-state index is 14.6. The number of nitrogens with one attached hydrogen (secondary N) is 1. The number of benzene rings is 1. The number of alkyl carbamates (subject to hydrolysis) is 1. The van der Waals surface area contributed by atoms with Gasteiger partial charge < -0.3 is 25.4 Å². The molecule has 2 aliphatic carbocycles. The van der Waals surface area contributed by atoms with Crippen molar-refractivity contribution in [3.8, 4) is 0 Å². The Morgan fingerprint density at radius 2 is 1.77 bits per heavy atom. The highest BCUT2D eigenvalue weighted by Gasteiger charge is 2.62. The van der Waals surface area contributed by atoms with Gasteiger partial charge in [0.15, 0.2) is 0 Å². The Balaban J connectivity index is 1.35. The fourth-order valence-corrected chi connectivity index (χ4v) is 9.76. The molecule has 1 unspecified atom stereocenters. The van der Waals surface area contributed by atoms with Crippen LogP contribution in [0.5, 0.6) is 0 Å². The number of hydrogen-bond donors (Lipinski definition) is 2. The van der Waals surface area contributed by atoms with Crippen molar-refractivity contribution >= 4 is 39.9 Å². The van der Waals surface area contributed by atoms with Gasteiger partial charge >= 0.3 is 12.2 Å². The summed E-state index contributed by atoms with van der Waals surface area (Å²) in [6.45, 7) is 11.6. The third kappa shape index (κ3) is 7.92. The molecule has 292 valence electrons. The van der Waals surface area contributed by atoms with Gasteiger partial charge in [-0.05, 0) is 72.0 Å². The van der Waals surface area contributed by atoms with E-state index in [1.165, 1.54) is 0 Å². The van der Waals surface area contributed by atoms with Gasteiger partial charge in [0.1, 0.15) is 23.7 Å². The number of amides is 5. The van der Waals surface area contributed by atoms with Crippen molar-refractivity contribution in [1.29, 1.82) is 0 Å². The van der Waals surface area contributed by atoms with Crippen LogP contribution in [0.4, 0.5) is 9.59 Å². The largest absolute Gasteiger partial charge is 0.449 e. The summed E-state index contributed by atoms with van der Waals surface area (Å²) in [5.74, 6) is -3.12. The molecule has 1 aromatic rings. The van der Waals surface area contributed by atoms with Gasteiger partial charge in [-0.1, -0.05) is 72.6 Å². The first-order valence-electron chi connectivity index (χ1n) is 19.0. The number of fused-ring (bicyclic) bond motifs is 3. The summed E-state index contributed by atoms with van der Waals surface area (Å²) in [6, 6.07) is 3.31. The summed E-state index contributed by atoms with van der Waals surface area (Å²) in [6.07, 6.45) is 2.02. The molecule has 1 aromatic carbocycles. The Labute approximate surface area is 312 Å². The van der Waals surface area contributed by atoms with Crippen LogP contribution in [0.3, 0.4) is 0 Å².